The number of para-hydroxylation sites is 1. The zero-order valence-electron chi connectivity index (χ0n) is 10.6. The van der Waals surface area contributed by atoms with E-state index >= 15 is 0 Å². The van der Waals surface area contributed by atoms with Crippen LogP contribution < -0.4 is 4.90 Å². The van der Waals surface area contributed by atoms with Gasteiger partial charge in [0, 0.05) is 31.9 Å². The summed E-state index contributed by atoms with van der Waals surface area (Å²) in [4.78, 5) is 16.0. The van der Waals surface area contributed by atoms with Crippen LogP contribution in [0, 0.1) is 0 Å². The Morgan fingerprint density at radius 3 is 2.53 bits per heavy atom. The summed E-state index contributed by atoms with van der Waals surface area (Å²) >= 11 is 0. The molecule has 1 aromatic carbocycles. The van der Waals surface area contributed by atoms with E-state index < -0.39 is 0 Å². The van der Waals surface area contributed by atoms with Crippen molar-refractivity contribution >= 4 is 17.2 Å². The molecule has 0 saturated heterocycles. The molecule has 1 aromatic rings. The molecule has 1 aliphatic heterocycles. The second-order valence-corrected chi connectivity index (χ2v) is 4.15. The fourth-order valence-electron chi connectivity index (χ4n) is 2.11. The zero-order valence-corrected chi connectivity index (χ0v) is 10.6. The molecule has 0 aromatic heterocycles. The van der Waals surface area contributed by atoms with Crippen LogP contribution in [-0.2, 0) is 4.79 Å². The zero-order chi connectivity index (χ0) is 12.4. The second kappa shape index (κ2) is 4.62. The molecule has 0 saturated carbocycles. The third-order valence-electron chi connectivity index (χ3n) is 3.21. The van der Waals surface area contributed by atoms with Crippen molar-refractivity contribution in [1.29, 1.82) is 0 Å². The van der Waals surface area contributed by atoms with Crippen molar-refractivity contribution in [2.45, 2.75) is 13.8 Å². The molecular weight excluding hydrogens is 212 g/mol. The SMILES string of the molecule is CCN(/C=C1\C(=O)N(C)c2ccccc21)CC. The number of nitrogens with zero attached hydrogens (tertiary/aromatic N) is 2. The molecule has 3 nitrogen and oxygen atoms in total. The number of hydrogen-bond donors (Lipinski definition) is 0. The molecule has 90 valence electrons. The lowest BCUT2D eigenvalue weighted by molar-refractivity contribution is -0.112. The number of anilines is 1. The van der Waals surface area contributed by atoms with Gasteiger partial charge in [-0.25, -0.2) is 0 Å². The molecule has 0 bridgehead atoms. The highest BCUT2D eigenvalue weighted by Crippen LogP contribution is 2.35. The normalized spacial score (nSPS) is 16.5. The summed E-state index contributed by atoms with van der Waals surface area (Å²) in [7, 11) is 1.82. The van der Waals surface area contributed by atoms with E-state index in [1.54, 1.807) is 4.90 Å². The summed E-state index contributed by atoms with van der Waals surface area (Å²) in [6, 6.07) is 7.92. The molecule has 1 amide bonds. The van der Waals surface area contributed by atoms with Gasteiger partial charge in [-0.05, 0) is 19.9 Å². The average molecular weight is 230 g/mol. The van der Waals surface area contributed by atoms with Crippen molar-refractivity contribution in [2.75, 3.05) is 25.0 Å². The summed E-state index contributed by atoms with van der Waals surface area (Å²) in [5.74, 6) is 0.0816. The Bertz CT molecular complexity index is 461. The fraction of sp³-hybridized carbons (Fsp3) is 0.357. The number of carbonyl (C=O) groups is 1. The Labute approximate surface area is 102 Å². The third kappa shape index (κ3) is 1.93. The number of rotatable bonds is 3. The van der Waals surface area contributed by atoms with Gasteiger partial charge < -0.3 is 9.80 Å². The van der Waals surface area contributed by atoms with Gasteiger partial charge in [-0.1, -0.05) is 18.2 Å². The first kappa shape index (κ1) is 11.7. The minimum absolute atomic E-state index is 0.0816. The Morgan fingerprint density at radius 2 is 1.88 bits per heavy atom. The van der Waals surface area contributed by atoms with E-state index in [-0.39, 0.29) is 5.91 Å². The van der Waals surface area contributed by atoms with E-state index in [1.807, 2.05) is 37.5 Å². The van der Waals surface area contributed by atoms with Crippen molar-refractivity contribution in [3.05, 3.63) is 36.0 Å². The Morgan fingerprint density at radius 1 is 1.24 bits per heavy atom. The highest BCUT2D eigenvalue weighted by atomic mass is 16.2. The van der Waals surface area contributed by atoms with E-state index in [1.165, 1.54) is 0 Å². The molecule has 0 fully saturated rings. The highest BCUT2D eigenvalue weighted by Gasteiger charge is 2.29. The summed E-state index contributed by atoms with van der Waals surface area (Å²) in [5, 5.41) is 0. The van der Waals surface area contributed by atoms with Crippen molar-refractivity contribution in [1.82, 2.24) is 4.90 Å². The lowest BCUT2D eigenvalue weighted by Crippen LogP contribution is -2.22. The van der Waals surface area contributed by atoms with Crippen LogP contribution >= 0.6 is 0 Å². The minimum Gasteiger partial charge on any atom is -0.377 e. The molecule has 0 radical (unpaired) electrons. The van der Waals surface area contributed by atoms with Crippen LogP contribution in [0.5, 0.6) is 0 Å². The van der Waals surface area contributed by atoms with E-state index in [9.17, 15) is 4.79 Å². The van der Waals surface area contributed by atoms with Gasteiger partial charge in [-0.15, -0.1) is 0 Å². The van der Waals surface area contributed by atoms with Gasteiger partial charge in [-0.2, -0.15) is 0 Å². The number of hydrogen-bond acceptors (Lipinski definition) is 2. The van der Waals surface area contributed by atoms with Crippen LogP contribution in [-0.4, -0.2) is 30.9 Å². The van der Waals surface area contributed by atoms with Gasteiger partial charge in [0.2, 0.25) is 0 Å². The standard InChI is InChI=1S/C14H18N2O/c1-4-16(5-2)10-12-11-8-6-7-9-13(11)15(3)14(12)17/h6-10H,4-5H2,1-3H3/b12-10-. The van der Waals surface area contributed by atoms with Gasteiger partial charge in [0.25, 0.3) is 5.91 Å². The van der Waals surface area contributed by atoms with Gasteiger partial charge in [0.15, 0.2) is 0 Å². The fourth-order valence-corrected chi connectivity index (χ4v) is 2.11. The molecule has 0 N–H and O–H groups in total. The molecule has 17 heavy (non-hydrogen) atoms. The van der Waals surface area contributed by atoms with Crippen molar-refractivity contribution in [3.63, 3.8) is 0 Å². The first-order valence-corrected chi connectivity index (χ1v) is 6.02. The highest BCUT2D eigenvalue weighted by molar-refractivity contribution is 6.32. The first-order chi connectivity index (χ1) is 8.19. The molecule has 0 aliphatic carbocycles. The maximum Gasteiger partial charge on any atom is 0.260 e. The molecule has 0 unspecified atom stereocenters. The molecule has 2 rings (SSSR count). The molecule has 0 spiro atoms. The molecule has 0 atom stereocenters. The lowest BCUT2D eigenvalue weighted by atomic mass is 10.1. The molecule has 1 aliphatic rings. The third-order valence-corrected chi connectivity index (χ3v) is 3.21. The van der Waals surface area contributed by atoms with Crippen molar-refractivity contribution < 1.29 is 4.79 Å². The number of benzene rings is 1. The quantitative estimate of drug-likeness (QED) is 0.744. The first-order valence-electron chi connectivity index (χ1n) is 6.02. The van der Waals surface area contributed by atoms with E-state index in [4.69, 9.17) is 0 Å². The van der Waals surface area contributed by atoms with Crippen molar-refractivity contribution in [3.8, 4) is 0 Å². The number of amides is 1. The lowest BCUT2D eigenvalue weighted by Gasteiger charge is -2.16. The average Bonchev–Trinajstić information content (AvgIpc) is 2.61. The van der Waals surface area contributed by atoms with E-state index in [2.05, 4.69) is 18.7 Å². The molecular formula is C14H18N2O. The minimum atomic E-state index is 0.0816. The number of fused-ring (bicyclic) bond motifs is 1. The predicted octanol–water partition coefficient (Wildman–Crippen LogP) is 2.35. The van der Waals surface area contributed by atoms with E-state index in [0.29, 0.717) is 0 Å². The van der Waals surface area contributed by atoms with Crippen LogP contribution in [0.2, 0.25) is 0 Å². The predicted molar refractivity (Wildman–Crippen MR) is 70.8 cm³/mol. The molecule has 3 heteroatoms. The van der Waals surface area contributed by atoms with E-state index in [0.717, 1.165) is 29.9 Å². The van der Waals surface area contributed by atoms with Gasteiger partial charge in [-0.3, -0.25) is 4.79 Å². The smallest absolute Gasteiger partial charge is 0.260 e. The maximum absolute atomic E-state index is 12.2. The summed E-state index contributed by atoms with van der Waals surface area (Å²) < 4.78 is 0. The number of carbonyl (C=O) groups excluding carboxylic acids is 1. The Hall–Kier alpha value is -1.77. The summed E-state index contributed by atoms with van der Waals surface area (Å²) in [5.41, 5.74) is 2.83. The van der Waals surface area contributed by atoms with Gasteiger partial charge in [0.05, 0.1) is 11.3 Å². The second-order valence-electron chi connectivity index (χ2n) is 4.15. The van der Waals surface area contributed by atoms with Crippen LogP contribution in [0.25, 0.3) is 5.57 Å². The van der Waals surface area contributed by atoms with Crippen LogP contribution in [0.3, 0.4) is 0 Å². The van der Waals surface area contributed by atoms with Crippen molar-refractivity contribution in [2.24, 2.45) is 0 Å². The maximum atomic E-state index is 12.2. The summed E-state index contributed by atoms with van der Waals surface area (Å²) in [6.45, 7) is 6.02. The van der Waals surface area contributed by atoms with Crippen LogP contribution in [0.4, 0.5) is 5.69 Å². The van der Waals surface area contributed by atoms with Crippen LogP contribution in [0.1, 0.15) is 19.4 Å². The Kier molecular flexibility index (Phi) is 3.18. The topological polar surface area (TPSA) is 23.6 Å². The Balaban J connectivity index is 2.46. The molecule has 1 heterocycles. The van der Waals surface area contributed by atoms with Gasteiger partial charge >= 0.3 is 0 Å². The van der Waals surface area contributed by atoms with Crippen LogP contribution in [0.15, 0.2) is 30.5 Å². The van der Waals surface area contributed by atoms with Gasteiger partial charge in [0.1, 0.15) is 0 Å². The number of likely N-dealkylation sites (N-methyl/N-ethyl adjacent to an activating group) is 1. The largest absolute Gasteiger partial charge is 0.377 e. The monoisotopic (exact) mass is 230 g/mol. The summed E-state index contributed by atoms with van der Waals surface area (Å²) in [6.07, 6.45) is 1.98.